The molecule has 0 saturated heterocycles. The predicted molar refractivity (Wildman–Crippen MR) is 99.0 cm³/mol. The molecule has 26 heavy (non-hydrogen) atoms. The normalized spacial score (nSPS) is 12.0. The van der Waals surface area contributed by atoms with Gasteiger partial charge in [-0.25, -0.2) is 4.39 Å². The van der Waals surface area contributed by atoms with Gasteiger partial charge in [-0.2, -0.15) is 4.68 Å². The second kappa shape index (κ2) is 7.65. The van der Waals surface area contributed by atoms with Gasteiger partial charge in [0, 0.05) is 0 Å². The zero-order chi connectivity index (χ0) is 18.7. The summed E-state index contributed by atoms with van der Waals surface area (Å²) in [4.78, 5) is 12.4. The summed E-state index contributed by atoms with van der Waals surface area (Å²) in [6, 6.07) is 12.0. The van der Waals surface area contributed by atoms with Crippen LogP contribution >= 0.6 is 11.8 Å². The van der Waals surface area contributed by atoms with E-state index in [4.69, 9.17) is 0 Å². The zero-order valence-corrected chi connectivity index (χ0v) is 15.4. The third kappa shape index (κ3) is 3.75. The lowest BCUT2D eigenvalue weighted by Crippen LogP contribution is -2.23. The Bertz CT molecular complexity index is 923. The minimum Gasteiger partial charge on any atom is -0.323 e. The maximum Gasteiger partial charge on any atom is 0.237 e. The lowest BCUT2D eigenvalue weighted by Gasteiger charge is -2.14. The number of aryl methyl sites for hydroxylation is 2. The minimum atomic E-state index is -0.510. The number of amides is 1. The molecule has 1 unspecified atom stereocenters. The number of nitrogens with zero attached hydrogens (tertiary/aromatic N) is 4. The number of hydrogen-bond donors (Lipinski definition) is 1. The number of para-hydroxylation sites is 2. The second-order valence-corrected chi connectivity index (χ2v) is 7.15. The summed E-state index contributed by atoms with van der Waals surface area (Å²) in [5, 5.41) is 14.4. The Morgan fingerprint density at radius 2 is 1.85 bits per heavy atom. The van der Waals surface area contributed by atoms with Gasteiger partial charge in [0.25, 0.3) is 0 Å². The van der Waals surface area contributed by atoms with Crippen molar-refractivity contribution in [3.63, 3.8) is 0 Å². The molecule has 8 heteroatoms. The number of carbonyl (C=O) groups excluding carboxylic acids is 1. The molecular weight excluding hydrogens is 353 g/mol. The van der Waals surface area contributed by atoms with Crippen LogP contribution in [-0.2, 0) is 4.79 Å². The largest absolute Gasteiger partial charge is 0.323 e. The summed E-state index contributed by atoms with van der Waals surface area (Å²) < 4.78 is 15.3. The molecule has 134 valence electrons. The second-order valence-electron chi connectivity index (χ2n) is 5.84. The van der Waals surface area contributed by atoms with Gasteiger partial charge < -0.3 is 5.32 Å². The molecule has 0 fully saturated rings. The highest BCUT2D eigenvalue weighted by molar-refractivity contribution is 8.00. The molecule has 1 atom stereocenters. The van der Waals surface area contributed by atoms with Crippen LogP contribution in [0.5, 0.6) is 0 Å². The van der Waals surface area contributed by atoms with Gasteiger partial charge in [-0.3, -0.25) is 4.79 Å². The maximum absolute atomic E-state index is 13.7. The monoisotopic (exact) mass is 371 g/mol. The van der Waals surface area contributed by atoms with Crippen LogP contribution in [0, 0.1) is 19.7 Å². The Hall–Kier alpha value is -2.74. The Labute approximate surface area is 154 Å². The van der Waals surface area contributed by atoms with Crippen molar-refractivity contribution in [3.8, 4) is 5.69 Å². The Morgan fingerprint density at radius 1 is 1.15 bits per heavy atom. The van der Waals surface area contributed by atoms with Crippen molar-refractivity contribution in [1.29, 1.82) is 0 Å². The summed E-state index contributed by atoms with van der Waals surface area (Å²) in [6.07, 6.45) is 0. The SMILES string of the molecule is Cc1cccc(C)c1-n1nnnc1SC(C)C(=O)Nc1ccccc1F. The van der Waals surface area contributed by atoms with E-state index < -0.39 is 11.1 Å². The predicted octanol–water partition coefficient (Wildman–Crippen LogP) is 3.54. The van der Waals surface area contributed by atoms with Crippen LogP contribution in [0.3, 0.4) is 0 Å². The molecule has 1 N–H and O–H groups in total. The molecule has 0 aliphatic carbocycles. The maximum atomic E-state index is 13.7. The Morgan fingerprint density at radius 3 is 2.54 bits per heavy atom. The lowest BCUT2D eigenvalue weighted by molar-refractivity contribution is -0.115. The number of benzene rings is 2. The molecule has 3 rings (SSSR count). The molecule has 1 heterocycles. The van der Waals surface area contributed by atoms with Gasteiger partial charge in [0.15, 0.2) is 0 Å². The first kappa shape index (κ1) is 18.1. The average Bonchev–Trinajstić information content (AvgIpc) is 3.04. The van der Waals surface area contributed by atoms with Crippen LogP contribution in [0.4, 0.5) is 10.1 Å². The molecule has 0 radical (unpaired) electrons. The third-order valence-electron chi connectivity index (χ3n) is 3.88. The number of thioether (sulfide) groups is 1. The zero-order valence-electron chi connectivity index (χ0n) is 14.6. The first-order valence-electron chi connectivity index (χ1n) is 8.04. The molecule has 0 aliphatic rings. The summed E-state index contributed by atoms with van der Waals surface area (Å²) in [5.74, 6) is -0.797. The fraction of sp³-hybridized carbons (Fsp3) is 0.222. The standard InChI is InChI=1S/C18H18FN5OS/c1-11-7-6-8-12(2)16(11)24-18(21-22-23-24)26-13(3)17(25)20-15-10-5-4-9-14(15)19/h4-10,13H,1-3H3,(H,20,25). The highest BCUT2D eigenvalue weighted by atomic mass is 32.2. The first-order chi connectivity index (χ1) is 12.5. The molecule has 0 bridgehead atoms. The van der Waals surface area contributed by atoms with E-state index >= 15 is 0 Å². The third-order valence-corrected chi connectivity index (χ3v) is 4.91. The van der Waals surface area contributed by atoms with Crippen LogP contribution in [0.2, 0.25) is 0 Å². The highest BCUT2D eigenvalue weighted by Gasteiger charge is 2.21. The summed E-state index contributed by atoms with van der Waals surface area (Å²) in [7, 11) is 0. The molecule has 0 spiro atoms. The van der Waals surface area contributed by atoms with E-state index in [1.165, 1.54) is 23.9 Å². The van der Waals surface area contributed by atoms with Crippen LogP contribution in [0.25, 0.3) is 5.69 Å². The van der Waals surface area contributed by atoms with Gasteiger partial charge in [0.05, 0.1) is 16.6 Å². The van der Waals surface area contributed by atoms with Crippen molar-refractivity contribution in [3.05, 3.63) is 59.4 Å². The van der Waals surface area contributed by atoms with Crippen LogP contribution < -0.4 is 5.32 Å². The van der Waals surface area contributed by atoms with Gasteiger partial charge in [0.2, 0.25) is 11.1 Å². The van der Waals surface area contributed by atoms with Crippen molar-refractivity contribution in [2.45, 2.75) is 31.2 Å². The van der Waals surface area contributed by atoms with E-state index in [9.17, 15) is 9.18 Å². The van der Waals surface area contributed by atoms with Gasteiger partial charge >= 0.3 is 0 Å². The van der Waals surface area contributed by atoms with Crippen LogP contribution in [-0.4, -0.2) is 31.4 Å². The van der Waals surface area contributed by atoms with Crippen molar-refractivity contribution >= 4 is 23.4 Å². The smallest absolute Gasteiger partial charge is 0.237 e. The number of anilines is 1. The van der Waals surface area contributed by atoms with Crippen molar-refractivity contribution in [2.75, 3.05) is 5.32 Å². The molecule has 0 aliphatic heterocycles. The van der Waals surface area contributed by atoms with E-state index in [0.29, 0.717) is 5.16 Å². The molecule has 6 nitrogen and oxygen atoms in total. The molecule has 2 aromatic carbocycles. The first-order valence-corrected chi connectivity index (χ1v) is 8.92. The van der Waals surface area contributed by atoms with Crippen molar-refractivity contribution < 1.29 is 9.18 Å². The quantitative estimate of drug-likeness (QED) is 0.695. The number of hydrogen-bond acceptors (Lipinski definition) is 5. The Balaban J connectivity index is 1.79. The minimum absolute atomic E-state index is 0.152. The number of carbonyl (C=O) groups is 1. The van der Waals surface area contributed by atoms with Crippen molar-refractivity contribution in [2.24, 2.45) is 0 Å². The molecule has 1 aromatic heterocycles. The van der Waals surface area contributed by atoms with Gasteiger partial charge in [-0.1, -0.05) is 42.1 Å². The molecule has 3 aromatic rings. The topological polar surface area (TPSA) is 72.7 Å². The number of rotatable bonds is 5. The number of halogens is 1. The van der Waals surface area contributed by atoms with Gasteiger partial charge in [-0.15, -0.1) is 5.10 Å². The average molecular weight is 371 g/mol. The summed E-state index contributed by atoms with van der Waals surface area (Å²) >= 11 is 1.21. The van der Waals surface area contributed by atoms with Crippen LogP contribution in [0.15, 0.2) is 47.6 Å². The number of nitrogens with one attached hydrogen (secondary N) is 1. The number of aromatic nitrogens is 4. The Kier molecular flexibility index (Phi) is 5.32. The fourth-order valence-electron chi connectivity index (χ4n) is 2.54. The van der Waals surface area contributed by atoms with Gasteiger partial charge in [-0.05, 0) is 54.5 Å². The van der Waals surface area contributed by atoms with Gasteiger partial charge in [0.1, 0.15) is 5.82 Å². The van der Waals surface area contributed by atoms with Crippen molar-refractivity contribution in [1.82, 2.24) is 20.2 Å². The molecule has 0 saturated carbocycles. The highest BCUT2D eigenvalue weighted by Crippen LogP contribution is 2.27. The summed E-state index contributed by atoms with van der Waals surface area (Å²) in [6.45, 7) is 5.68. The van der Waals surface area contributed by atoms with E-state index in [1.54, 1.807) is 23.7 Å². The molecule has 1 amide bonds. The van der Waals surface area contributed by atoms with E-state index in [0.717, 1.165) is 16.8 Å². The lowest BCUT2D eigenvalue weighted by atomic mass is 10.1. The summed E-state index contributed by atoms with van der Waals surface area (Å²) in [5.41, 5.74) is 3.10. The van der Waals surface area contributed by atoms with E-state index in [1.807, 2.05) is 32.0 Å². The number of tetrazole rings is 1. The van der Waals surface area contributed by atoms with E-state index in [-0.39, 0.29) is 11.6 Å². The fourth-order valence-corrected chi connectivity index (χ4v) is 3.33. The van der Waals surface area contributed by atoms with Crippen LogP contribution in [0.1, 0.15) is 18.1 Å². The van der Waals surface area contributed by atoms with E-state index in [2.05, 4.69) is 20.8 Å². The molecular formula is C18H18FN5OS.